The maximum atomic E-state index is 10.9. The van der Waals surface area contributed by atoms with E-state index in [1.54, 1.807) is 12.1 Å². The molecule has 0 aliphatic carbocycles. The number of carbonyl (C=O) groups is 1. The van der Waals surface area contributed by atoms with Gasteiger partial charge in [-0.3, -0.25) is 4.79 Å². The Balaban J connectivity index is 1.96. The number of nitrogens with two attached hydrogens (primary N) is 1. The third-order valence-corrected chi connectivity index (χ3v) is 2.88. The second-order valence-corrected chi connectivity index (χ2v) is 4.11. The van der Waals surface area contributed by atoms with Crippen LogP contribution < -0.4 is 16.4 Å². The summed E-state index contributed by atoms with van der Waals surface area (Å²) in [6, 6.07) is 7.85. The zero-order valence-electron chi connectivity index (χ0n) is 9.20. The quantitative estimate of drug-likeness (QED) is 0.709. The van der Waals surface area contributed by atoms with Crippen LogP contribution in [0.15, 0.2) is 24.3 Å². The molecule has 4 heteroatoms. The maximum Gasteiger partial charge on any atom is 0.248 e. The minimum Gasteiger partial charge on any atom is -0.382 e. The van der Waals surface area contributed by atoms with Crippen LogP contribution in [-0.2, 0) is 0 Å². The number of anilines is 1. The van der Waals surface area contributed by atoms with Crippen LogP contribution in [-0.4, -0.2) is 25.0 Å². The Morgan fingerprint density at radius 1 is 1.25 bits per heavy atom. The van der Waals surface area contributed by atoms with Gasteiger partial charge in [-0.25, -0.2) is 0 Å². The van der Waals surface area contributed by atoms with Crippen LogP contribution in [0.2, 0.25) is 0 Å². The normalized spacial score (nSPS) is 17.0. The molecule has 1 aromatic carbocycles. The molecule has 0 aromatic heterocycles. The van der Waals surface area contributed by atoms with E-state index in [9.17, 15) is 4.79 Å². The fraction of sp³-hybridized carbons (Fsp3) is 0.417. The fourth-order valence-corrected chi connectivity index (χ4v) is 1.93. The molecule has 0 atom stereocenters. The van der Waals surface area contributed by atoms with Crippen molar-refractivity contribution in [1.82, 2.24) is 5.32 Å². The highest BCUT2D eigenvalue weighted by Crippen LogP contribution is 2.14. The Morgan fingerprint density at radius 2 is 1.88 bits per heavy atom. The van der Waals surface area contributed by atoms with E-state index in [0.717, 1.165) is 31.6 Å². The monoisotopic (exact) mass is 219 g/mol. The molecule has 86 valence electrons. The minimum atomic E-state index is -0.381. The summed E-state index contributed by atoms with van der Waals surface area (Å²) in [7, 11) is 0. The Kier molecular flexibility index (Phi) is 3.41. The molecule has 0 bridgehead atoms. The third kappa shape index (κ3) is 2.73. The van der Waals surface area contributed by atoms with Crippen molar-refractivity contribution in [3.05, 3.63) is 29.8 Å². The summed E-state index contributed by atoms with van der Waals surface area (Å²) in [5.74, 6) is -0.381. The summed E-state index contributed by atoms with van der Waals surface area (Å²) >= 11 is 0. The molecule has 1 aliphatic rings. The zero-order chi connectivity index (χ0) is 11.4. The first kappa shape index (κ1) is 11.0. The van der Waals surface area contributed by atoms with Crippen LogP contribution in [0.25, 0.3) is 0 Å². The van der Waals surface area contributed by atoms with E-state index < -0.39 is 0 Å². The van der Waals surface area contributed by atoms with Gasteiger partial charge >= 0.3 is 0 Å². The van der Waals surface area contributed by atoms with Crippen molar-refractivity contribution in [1.29, 1.82) is 0 Å². The number of rotatable bonds is 3. The first-order valence-corrected chi connectivity index (χ1v) is 5.63. The number of benzene rings is 1. The second-order valence-electron chi connectivity index (χ2n) is 4.11. The van der Waals surface area contributed by atoms with E-state index in [4.69, 9.17) is 5.73 Å². The van der Waals surface area contributed by atoms with Crippen molar-refractivity contribution in [2.24, 2.45) is 5.73 Å². The molecule has 1 fully saturated rings. The number of carbonyl (C=O) groups excluding carboxylic acids is 1. The summed E-state index contributed by atoms with van der Waals surface area (Å²) in [6.07, 6.45) is 2.27. The average Bonchev–Trinajstić information content (AvgIpc) is 2.31. The smallest absolute Gasteiger partial charge is 0.248 e. The van der Waals surface area contributed by atoms with Crippen molar-refractivity contribution >= 4 is 11.6 Å². The van der Waals surface area contributed by atoms with Crippen LogP contribution in [0.4, 0.5) is 5.69 Å². The highest BCUT2D eigenvalue weighted by atomic mass is 16.1. The van der Waals surface area contributed by atoms with E-state index in [1.165, 1.54) is 0 Å². The molecule has 1 aromatic rings. The molecule has 0 spiro atoms. The van der Waals surface area contributed by atoms with Gasteiger partial charge in [0.05, 0.1) is 0 Å². The predicted molar refractivity (Wildman–Crippen MR) is 64.5 cm³/mol. The summed E-state index contributed by atoms with van der Waals surface area (Å²) < 4.78 is 0. The largest absolute Gasteiger partial charge is 0.382 e. The third-order valence-electron chi connectivity index (χ3n) is 2.88. The molecule has 1 heterocycles. The Morgan fingerprint density at radius 3 is 2.44 bits per heavy atom. The molecule has 2 rings (SSSR count). The SMILES string of the molecule is NC(=O)c1ccc(NC2CCNCC2)cc1. The van der Waals surface area contributed by atoms with Gasteiger partial charge in [-0.15, -0.1) is 0 Å². The standard InChI is InChI=1S/C12H17N3O/c13-12(16)9-1-3-10(4-2-9)15-11-5-7-14-8-6-11/h1-4,11,14-15H,5-8H2,(H2,13,16). The van der Waals surface area contributed by atoms with Gasteiger partial charge in [-0.05, 0) is 50.2 Å². The number of primary amides is 1. The van der Waals surface area contributed by atoms with Gasteiger partial charge in [-0.2, -0.15) is 0 Å². The van der Waals surface area contributed by atoms with Crippen molar-refractivity contribution < 1.29 is 4.79 Å². The number of piperidine rings is 1. The molecular weight excluding hydrogens is 202 g/mol. The van der Waals surface area contributed by atoms with Gasteiger partial charge in [-0.1, -0.05) is 0 Å². The summed E-state index contributed by atoms with van der Waals surface area (Å²) in [5, 5.41) is 6.78. The molecule has 1 amide bonds. The Labute approximate surface area is 95.2 Å². The van der Waals surface area contributed by atoms with Gasteiger partial charge in [0.25, 0.3) is 0 Å². The first-order chi connectivity index (χ1) is 7.75. The number of amides is 1. The van der Waals surface area contributed by atoms with Gasteiger partial charge in [0.15, 0.2) is 0 Å². The van der Waals surface area contributed by atoms with Crippen LogP contribution in [0.5, 0.6) is 0 Å². The molecule has 16 heavy (non-hydrogen) atoms. The van der Waals surface area contributed by atoms with Crippen molar-refractivity contribution in [2.45, 2.75) is 18.9 Å². The van der Waals surface area contributed by atoms with Crippen LogP contribution in [0, 0.1) is 0 Å². The second kappa shape index (κ2) is 4.99. The van der Waals surface area contributed by atoms with Crippen molar-refractivity contribution in [2.75, 3.05) is 18.4 Å². The van der Waals surface area contributed by atoms with Crippen LogP contribution in [0.3, 0.4) is 0 Å². The van der Waals surface area contributed by atoms with E-state index in [1.807, 2.05) is 12.1 Å². The van der Waals surface area contributed by atoms with E-state index in [2.05, 4.69) is 10.6 Å². The lowest BCUT2D eigenvalue weighted by atomic mass is 10.1. The minimum absolute atomic E-state index is 0.381. The lowest BCUT2D eigenvalue weighted by Gasteiger charge is -2.24. The molecule has 4 nitrogen and oxygen atoms in total. The number of hydrogen-bond acceptors (Lipinski definition) is 3. The van der Waals surface area contributed by atoms with Gasteiger partial charge in [0, 0.05) is 17.3 Å². The first-order valence-electron chi connectivity index (χ1n) is 5.63. The molecule has 0 unspecified atom stereocenters. The van der Waals surface area contributed by atoms with Crippen molar-refractivity contribution in [3.63, 3.8) is 0 Å². The topological polar surface area (TPSA) is 67.2 Å². The van der Waals surface area contributed by atoms with Crippen LogP contribution >= 0.6 is 0 Å². The number of nitrogens with one attached hydrogen (secondary N) is 2. The maximum absolute atomic E-state index is 10.9. The Bertz CT molecular complexity index is 355. The Hall–Kier alpha value is -1.55. The molecule has 4 N–H and O–H groups in total. The molecular formula is C12H17N3O. The lowest BCUT2D eigenvalue weighted by molar-refractivity contribution is 0.100. The summed E-state index contributed by atoms with van der Waals surface area (Å²) in [6.45, 7) is 2.13. The molecule has 1 saturated heterocycles. The predicted octanol–water partition coefficient (Wildman–Crippen LogP) is 0.949. The zero-order valence-corrected chi connectivity index (χ0v) is 9.20. The van der Waals surface area contributed by atoms with Crippen LogP contribution in [0.1, 0.15) is 23.2 Å². The van der Waals surface area contributed by atoms with Crippen molar-refractivity contribution in [3.8, 4) is 0 Å². The number of hydrogen-bond donors (Lipinski definition) is 3. The van der Waals surface area contributed by atoms with E-state index in [-0.39, 0.29) is 5.91 Å². The van der Waals surface area contributed by atoms with E-state index >= 15 is 0 Å². The highest BCUT2D eigenvalue weighted by molar-refractivity contribution is 5.93. The van der Waals surface area contributed by atoms with Gasteiger partial charge in [0.2, 0.25) is 5.91 Å². The molecule has 0 saturated carbocycles. The summed E-state index contributed by atoms with van der Waals surface area (Å²) in [5.41, 5.74) is 6.78. The fourth-order valence-electron chi connectivity index (χ4n) is 1.93. The summed E-state index contributed by atoms with van der Waals surface area (Å²) in [4.78, 5) is 10.9. The van der Waals surface area contributed by atoms with Gasteiger partial charge in [0.1, 0.15) is 0 Å². The lowest BCUT2D eigenvalue weighted by Crippen LogP contribution is -2.35. The molecule has 1 aliphatic heterocycles. The average molecular weight is 219 g/mol. The van der Waals surface area contributed by atoms with Gasteiger partial charge < -0.3 is 16.4 Å². The highest BCUT2D eigenvalue weighted by Gasteiger charge is 2.12. The molecule has 0 radical (unpaired) electrons. The van der Waals surface area contributed by atoms with E-state index in [0.29, 0.717) is 11.6 Å².